The van der Waals surface area contributed by atoms with E-state index in [1.54, 1.807) is 39.9 Å². The number of rotatable bonds is 10. The summed E-state index contributed by atoms with van der Waals surface area (Å²) in [6.07, 6.45) is -0.981. The van der Waals surface area contributed by atoms with E-state index in [1.165, 1.54) is 4.90 Å². The molecule has 3 amide bonds. The third-order valence-electron chi connectivity index (χ3n) is 8.12. The van der Waals surface area contributed by atoms with Crippen molar-refractivity contribution < 1.29 is 38.4 Å². The Labute approximate surface area is 260 Å². The quantitative estimate of drug-likeness (QED) is 0.373. The number of aliphatic hydroxyl groups excluding tert-OH is 1. The van der Waals surface area contributed by atoms with Crippen molar-refractivity contribution in [1.82, 2.24) is 9.80 Å². The van der Waals surface area contributed by atoms with Crippen LogP contribution in [0.3, 0.4) is 0 Å². The van der Waals surface area contributed by atoms with E-state index in [9.17, 15) is 19.5 Å². The molecule has 0 saturated carbocycles. The number of benzene rings is 2. The number of nitrogens with zero attached hydrogens (tertiary/aromatic N) is 2. The summed E-state index contributed by atoms with van der Waals surface area (Å²) in [5, 5.41) is 11.9. The molecule has 240 valence electrons. The second-order valence-electron chi connectivity index (χ2n) is 13.0. The monoisotopic (exact) mass is 610 g/mol. The van der Waals surface area contributed by atoms with Gasteiger partial charge in [0.2, 0.25) is 5.91 Å². The van der Waals surface area contributed by atoms with E-state index in [0.717, 1.165) is 16.7 Å². The highest BCUT2D eigenvalue weighted by atomic mass is 16.6. The number of carbonyl (C=O) groups excluding carboxylic acids is 3. The van der Waals surface area contributed by atoms with Crippen molar-refractivity contribution in [3.05, 3.63) is 59.2 Å². The van der Waals surface area contributed by atoms with Crippen molar-refractivity contribution in [2.24, 2.45) is 11.8 Å². The molecule has 1 saturated heterocycles. The molecule has 4 rings (SSSR count). The fourth-order valence-electron chi connectivity index (χ4n) is 6.09. The lowest BCUT2D eigenvalue weighted by Gasteiger charge is -2.40. The number of imide groups is 1. The van der Waals surface area contributed by atoms with Crippen LogP contribution in [0.15, 0.2) is 42.5 Å². The van der Waals surface area contributed by atoms with E-state index in [2.05, 4.69) is 0 Å². The molecule has 2 aromatic rings. The molecular weight excluding hydrogens is 564 g/mol. The summed E-state index contributed by atoms with van der Waals surface area (Å²) in [5.41, 5.74) is 2.00. The molecule has 10 nitrogen and oxygen atoms in total. The first-order chi connectivity index (χ1) is 20.8. The fourth-order valence-corrected chi connectivity index (χ4v) is 6.09. The molecule has 1 N–H and O–H groups in total. The number of aliphatic hydroxyl groups is 1. The van der Waals surface area contributed by atoms with Gasteiger partial charge >= 0.3 is 12.2 Å². The summed E-state index contributed by atoms with van der Waals surface area (Å²) in [6, 6.07) is 12.2. The van der Waals surface area contributed by atoms with Crippen LogP contribution in [0.2, 0.25) is 0 Å². The van der Waals surface area contributed by atoms with Gasteiger partial charge in [-0.15, -0.1) is 0 Å². The Bertz CT molecular complexity index is 1320. The van der Waals surface area contributed by atoms with E-state index in [-0.39, 0.29) is 18.9 Å². The maximum atomic E-state index is 14.1. The minimum Gasteiger partial charge on any atom is -0.493 e. The number of cyclic esters (lactones) is 1. The lowest BCUT2D eigenvalue weighted by atomic mass is 9.83. The molecule has 0 bridgehead atoms. The Balaban J connectivity index is 1.67. The van der Waals surface area contributed by atoms with Crippen molar-refractivity contribution >= 4 is 18.1 Å². The fraction of sp³-hybridized carbons (Fsp3) is 0.559. The maximum Gasteiger partial charge on any atom is 0.416 e. The SMILES string of the molecule is COc1cc2c(cc1OC)[C@H](C[C@H](O)[C@@H](CC(C)C)C(=O)N1C(=O)OC[C@H]1Cc1ccccc1)N(C(=O)OC(C)(C)C)CC2. The number of hydrogen-bond acceptors (Lipinski definition) is 8. The van der Waals surface area contributed by atoms with Gasteiger partial charge < -0.3 is 29.0 Å². The smallest absolute Gasteiger partial charge is 0.416 e. The highest BCUT2D eigenvalue weighted by molar-refractivity contribution is 5.95. The molecule has 0 aliphatic carbocycles. The van der Waals surface area contributed by atoms with Crippen molar-refractivity contribution in [3.8, 4) is 11.5 Å². The number of amides is 3. The third kappa shape index (κ3) is 7.64. The van der Waals surface area contributed by atoms with Crippen molar-refractivity contribution in [2.45, 2.75) is 84.1 Å². The number of methoxy groups -OCH3 is 2. The second-order valence-corrected chi connectivity index (χ2v) is 13.0. The molecule has 1 fully saturated rings. The van der Waals surface area contributed by atoms with Crippen LogP contribution < -0.4 is 9.47 Å². The standard InChI is InChI=1S/C34H46N2O8/c1-21(2)15-26(31(38)36-24(20-43-33(36)40)16-22-11-9-8-10-12-22)28(37)19-27-25-18-30(42-7)29(41-6)17-23(25)13-14-35(27)32(39)44-34(3,4)5/h8-12,17-18,21,24,26-28,37H,13-16,19-20H2,1-7H3/t24-,26-,27+,28+/m1/s1. The maximum absolute atomic E-state index is 14.1. The largest absolute Gasteiger partial charge is 0.493 e. The Kier molecular flexibility index (Phi) is 10.4. The van der Waals surface area contributed by atoms with Crippen LogP contribution in [0, 0.1) is 11.8 Å². The topological polar surface area (TPSA) is 115 Å². The minimum atomic E-state index is -1.18. The zero-order valence-electron chi connectivity index (χ0n) is 26.9. The van der Waals surface area contributed by atoms with Crippen molar-refractivity contribution in [1.29, 1.82) is 0 Å². The Morgan fingerprint density at radius 2 is 1.73 bits per heavy atom. The molecule has 2 aromatic carbocycles. The van der Waals surface area contributed by atoms with Crippen LogP contribution in [0.4, 0.5) is 9.59 Å². The van der Waals surface area contributed by atoms with Gasteiger partial charge in [0.1, 0.15) is 12.2 Å². The van der Waals surface area contributed by atoms with E-state index >= 15 is 0 Å². The minimum absolute atomic E-state index is 0.0507. The number of carbonyl (C=O) groups is 3. The number of hydrogen-bond donors (Lipinski definition) is 1. The van der Waals surface area contributed by atoms with Gasteiger partial charge in [-0.25, -0.2) is 14.5 Å². The van der Waals surface area contributed by atoms with E-state index in [4.69, 9.17) is 18.9 Å². The first kappa shape index (κ1) is 33.1. The first-order valence-corrected chi connectivity index (χ1v) is 15.3. The third-order valence-corrected chi connectivity index (χ3v) is 8.12. The number of fused-ring (bicyclic) bond motifs is 1. The normalized spacial score (nSPS) is 19.7. The van der Waals surface area contributed by atoms with Crippen LogP contribution in [-0.2, 0) is 27.1 Å². The molecule has 0 aromatic heterocycles. The highest BCUT2D eigenvalue weighted by Crippen LogP contribution is 2.41. The second kappa shape index (κ2) is 13.9. The summed E-state index contributed by atoms with van der Waals surface area (Å²) >= 11 is 0. The lowest BCUT2D eigenvalue weighted by molar-refractivity contribution is -0.138. The zero-order valence-corrected chi connectivity index (χ0v) is 26.9. The van der Waals surface area contributed by atoms with Gasteiger partial charge in [0, 0.05) is 6.54 Å². The van der Waals surface area contributed by atoms with Gasteiger partial charge in [0.25, 0.3) is 0 Å². The summed E-state index contributed by atoms with van der Waals surface area (Å²) in [6.45, 7) is 9.80. The van der Waals surface area contributed by atoms with E-state index < -0.39 is 47.8 Å². The zero-order chi connectivity index (χ0) is 32.2. The summed E-state index contributed by atoms with van der Waals surface area (Å²) in [7, 11) is 3.11. The summed E-state index contributed by atoms with van der Waals surface area (Å²) < 4.78 is 22.2. The molecule has 2 aliphatic rings. The highest BCUT2D eigenvalue weighted by Gasteiger charge is 2.44. The van der Waals surface area contributed by atoms with Gasteiger partial charge in [0.15, 0.2) is 11.5 Å². The van der Waals surface area contributed by atoms with Crippen LogP contribution >= 0.6 is 0 Å². The predicted octanol–water partition coefficient (Wildman–Crippen LogP) is 5.54. The van der Waals surface area contributed by atoms with Gasteiger partial charge in [-0.05, 0) is 81.2 Å². The molecule has 0 radical (unpaired) electrons. The summed E-state index contributed by atoms with van der Waals surface area (Å²) in [4.78, 5) is 43.3. The molecule has 0 spiro atoms. The van der Waals surface area contributed by atoms with Crippen LogP contribution in [0.5, 0.6) is 11.5 Å². The molecule has 44 heavy (non-hydrogen) atoms. The van der Waals surface area contributed by atoms with Gasteiger partial charge in [-0.2, -0.15) is 0 Å². The molecular formula is C34H46N2O8. The average molecular weight is 611 g/mol. The Morgan fingerprint density at radius 1 is 1.07 bits per heavy atom. The molecule has 0 unspecified atom stereocenters. The van der Waals surface area contributed by atoms with Gasteiger partial charge in [-0.3, -0.25) is 4.79 Å². The molecule has 2 heterocycles. The summed E-state index contributed by atoms with van der Waals surface area (Å²) in [5.74, 6) is -0.252. The Hall–Kier alpha value is -3.79. The first-order valence-electron chi connectivity index (χ1n) is 15.3. The predicted molar refractivity (Wildman–Crippen MR) is 165 cm³/mol. The van der Waals surface area contributed by atoms with Gasteiger partial charge in [-0.1, -0.05) is 44.2 Å². The molecule has 2 aliphatic heterocycles. The van der Waals surface area contributed by atoms with Crippen molar-refractivity contribution in [3.63, 3.8) is 0 Å². The van der Waals surface area contributed by atoms with Gasteiger partial charge in [0.05, 0.1) is 38.3 Å². The Morgan fingerprint density at radius 3 is 2.34 bits per heavy atom. The van der Waals surface area contributed by atoms with Crippen LogP contribution in [0.1, 0.15) is 70.2 Å². The molecule has 4 atom stereocenters. The van der Waals surface area contributed by atoms with Crippen LogP contribution in [-0.4, -0.2) is 78.1 Å². The lowest BCUT2D eigenvalue weighted by Crippen LogP contribution is -2.49. The average Bonchev–Trinajstić information content (AvgIpc) is 3.33. The van der Waals surface area contributed by atoms with E-state index in [0.29, 0.717) is 37.3 Å². The number of ether oxygens (including phenoxy) is 4. The van der Waals surface area contributed by atoms with E-state index in [1.807, 2.05) is 56.3 Å². The van der Waals surface area contributed by atoms with Crippen LogP contribution in [0.25, 0.3) is 0 Å². The molecule has 10 heteroatoms. The van der Waals surface area contributed by atoms with Crippen molar-refractivity contribution in [2.75, 3.05) is 27.4 Å².